The summed E-state index contributed by atoms with van der Waals surface area (Å²) in [5.74, 6) is 0.756. The van der Waals surface area contributed by atoms with Crippen molar-refractivity contribution >= 4 is 24.4 Å². The molecule has 3 rings (SSSR count). The van der Waals surface area contributed by atoms with Crippen molar-refractivity contribution in [2.24, 2.45) is 0 Å². The zero-order valence-corrected chi connectivity index (χ0v) is 11.4. The fourth-order valence-corrected chi connectivity index (χ4v) is 2.43. The quantitative estimate of drug-likeness (QED) is 0.469. The van der Waals surface area contributed by atoms with Crippen LogP contribution in [0.1, 0.15) is 6.42 Å². The lowest BCUT2D eigenvalue weighted by molar-refractivity contribution is -0.111. The zero-order valence-electron chi connectivity index (χ0n) is 11.4. The molecule has 2 aliphatic rings. The van der Waals surface area contributed by atoms with Crippen molar-refractivity contribution in [2.75, 3.05) is 26.0 Å². The molecule has 2 heterocycles. The summed E-state index contributed by atoms with van der Waals surface area (Å²) in [6.07, 6.45) is 0.801. The van der Waals surface area contributed by atoms with Gasteiger partial charge >= 0.3 is 7.25 Å². The highest BCUT2D eigenvalue weighted by Gasteiger charge is 2.29. The molecular weight excluding hydrogens is 291 g/mol. The number of nitrogens with one attached hydrogen (secondary N) is 1. The fraction of sp³-hybridized carbons (Fsp3) is 0.333. The summed E-state index contributed by atoms with van der Waals surface area (Å²) in [5, 5.41) is 5.02. The second kappa shape index (κ2) is 5.38. The highest BCUT2D eigenvalue weighted by molar-refractivity contribution is 6.50. The number of nitrogens with zero attached hydrogens (tertiary/aromatic N) is 1. The fourth-order valence-electron chi connectivity index (χ4n) is 2.43. The normalized spacial score (nSPS) is 16.0. The van der Waals surface area contributed by atoms with E-state index in [2.05, 4.69) is 9.89 Å². The topological polar surface area (TPSA) is 41.3 Å². The molecule has 9 heteroatoms. The van der Waals surface area contributed by atoms with Crippen molar-refractivity contribution in [3.05, 3.63) is 22.7 Å². The Morgan fingerprint density at radius 3 is 2.48 bits per heavy atom. The average molecular weight is 304 g/mol. The van der Waals surface area contributed by atoms with Gasteiger partial charge in [0.05, 0.1) is 18.0 Å². The number of ether oxygens (including phenoxy) is 1. The first kappa shape index (κ1) is 15.3. The van der Waals surface area contributed by atoms with Crippen LogP contribution in [-0.2, 0) is 4.79 Å². The molecule has 0 spiro atoms. The molecule has 0 aromatic heterocycles. The highest BCUT2D eigenvalue weighted by atomic mass is 19.5. The van der Waals surface area contributed by atoms with Gasteiger partial charge in [-0.1, -0.05) is 0 Å². The van der Waals surface area contributed by atoms with E-state index in [4.69, 9.17) is 4.74 Å². The number of carbonyl (C=O) groups is 1. The molecular formula is C12H13BF4N2O2. The largest absolute Gasteiger partial charge is 0.673 e. The van der Waals surface area contributed by atoms with Crippen LogP contribution < -0.4 is 25.2 Å². The Labute approximate surface area is 117 Å². The van der Waals surface area contributed by atoms with Crippen molar-refractivity contribution in [1.82, 2.24) is 4.58 Å². The van der Waals surface area contributed by atoms with Gasteiger partial charge < -0.3 is 27.3 Å². The van der Waals surface area contributed by atoms with E-state index >= 15 is 0 Å². The van der Waals surface area contributed by atoms with Gasteiger partial charge in [0.25, 0.3) is 5.91 Å². The van der Waals surface area contributed by atoms with E-state index in [1.54, 1.807) is 7.11 Å². The second-order valence-corrected chi connectivity index (χ2v) is 4.64. The molecule has 1 aromatic carbocycles. The molecule has 1 amide bonds. The Balaban J connectivity index is 0.000000282. The maximum Gasteiger partial charge on any atom is 0.673 e. The van der Waals surface area contributed by atoms with Gasteiger partial charge in [-0.15, -0.1) is 0 Å². The molecule has 0 aliphatic carbocycles. The number of benzene rings is 1. The summed E-state index contributed by atoms with van der Waals surface area (Å²) in [7, 11) is -2.34. The van der Waals surface area contributed by atoms with Gasteiger partial charge in [0.15, 0.2) is 0 Å². The molecule has 1 N–H and O–H groups in total. The number of carbonyl (C=O) groups excluding carboxylic acids is 1. The highest BCUT2D eigenvalue weighted by Crippen LogP contribution is 2.24. The summed E-state index contributed by atoms with van der Waals surface area (Å²) in [5.41, 5.74) is 1.72. The van der Waals surface area contributed by atoms with Crippen LogP contribution in [0.4, 0.5) is 23.0 Å². The molecule has 2 aliphatic heterocycles. The third-order valence-corrected chi connectivity index (χ3v) is 3.29. The molecule has 0 unspecified atom stereocenters. The number of methoxy groups -OCH3 is 1. The number of anilines is 1. The molecule has 4 nitrogen and oxygen atoms in total. The standard InChI is InChI=1S/C12H12N2O2.BF4/c1-14-6-5-7-10-8(14)3-4-9(16-2)11(10)13-12(7)15;2-1(3,4)5/h3-4H,5-6H2,1-2H3;/q;-1/p+1. The number of amides is 1. The van der Waals surface area contributed by atoms with Gasteiger partial charge in [0.2, 0.25) is 5.36 Å². The van der Waals surface area contributed by atoms with E-state index in [0.717, 1.165) is 40.6 Å². The summed E-state index contributed by atoms with van der Waals surface area (Å²) < 4.78 is 46.4. The van der Waals surface area contributed by atoms with Crippen molar-refractivity contribution in [2.45, 2.75) is 6.42 Å². The van der Waals surface area contributed by atoms with Crippen molar-refractivity contribution in [3.63, 3.8) is 0 Å². The molecule has 0 atom stereocenters. The molecule has 0 radical (unpaired) electrons. The van der Waals surface area contributed by atoms with Crippen molar-refractivity contribution in [3.8, 4) is 5.75 Å². The Hall–Kier alpha value is -2.06. The number of halogens is 4. The van der Waals surface area contributed by atoms with Crippen LogP contribution in [0, 0.1) is 0 Å². The van der Waals surface area contributed by atoms with Gasteiger partial charge in [-0.05, 0) is 6.07 Å². The van der Waals surface area contributed by atoms with Crippen molar-refractivity contribution < 1.29 is 26.8 Å². The van der Waals surface area contributed by atoms with Crippen LogP contribution in [0.3, 0.4) is 0 Å². The lowest BCUT2D eigenvalue weighted by Gasteiger charge is -2.06. The number of hydrogen-bond donors (Lipinski definition) is 1. The lowest BCUT2D eigenvalue weighted by Crippen LogP contribution is -2.42. The third kappa shape index (κ3) is 3.17. The average Bonchev–Trinajstić information content (AvgIpc) is 2.70. The first-order valence-electron chi connectivity index (χ1n) is 6.19. The maximum absolute atomic E-state index is 11.8. The minimum absolute atomic E-state index is 0.0221. The van der Waals surface area contributed by atoms with E-state index in [0.29, 0.717) is 0 Å². The number of hydrogen-bond acceptors (Lipinski definition) is 2. The molecule has 0 bridgehead atoms. The molecule has 21 heavy (non-hydrogen) atoms. The summed E-state index contributed by atoms with van der Waals surface area (Å²) in [6.45, 7) is 0.890. The van der Waals surface area contributed by atoms with Gasteiger partial charge in [0.1, 0.15) is 19.3 Å². The van der Waals surface area contributed by atoms with Gasteiger partial charge in [-0.2, -0.15) is 0 Å². The molecule has 0 fully saturated rings. The Bertz CT molecular complexity index is 709. The van der Waals surface area contributed by atoms with Gasteiger partial charge in [-0.3, -0.25) is 4.79 Å². The molecule has 0 saturated carbocycles. The van der Waals surface area contributed by atoms with Crippen LogP contribution in [0.25, 0.3) is 5.57 Å². The van der Waals surface area contributed by atoms with E-state index in [1.165, 1.54) is 0 Å². The van der Waals surface area contributed by atoms with Gasteiger partial charge in [0, 0.05) is 18.1 Å². The van der Waals surface area contributed by atoms with E-state index in [1.807, 2.05) is 19.2 Å². The maximum atomic E-state index is 11.8. The Morgan fingerprint density at radius 1 is 1.29 bits per heavy atom. The van der Waals surface area contributed by atoms with E-state index in [9.17, 15) is 22.1 Å². The third-order valence-electron chi connectivity index (χ3n) is 3.29. The first-order valence-corrected chi connectivity index (χ1v) is 6.19. The van der Waals surface area contributed by atoms with E-state index in [-0.39, 0.29) is 5.91 Å². The SMILES string of the molecule is COc1ccc2c3c1NC(=O)C=3CC[N+]=2C.F[B-](F)(F)F. The molecule has 1 aromatic rings. The van der Waals surface area contributed by atoms with Crippen LogP contribution in [0.15, 0.2) is 12.1 Å². The van der Waals surface area contributed by atoms with E-state index < -0.39 is 7.25 Å². The Kier molecular flexibility index (Phi) is 3.93. The van der Waals surface area contributed by atoms with Crippen LogP contribution in [0.5, 0.6) is 5.75 Å². The minimum Gasteiger partial charge on any atom is -0.495 e. The predicted octanol–water partition coefficient (Wildman–Crippen LogP) is 0.623. The van der Waals surface area contributed by atoms with Gasteiger partial charge in [-0.25, -0.2) is 4.58 Å². The first-order chi connectivity index (χ1) is 9.72. The summed E-state index contributed by atoms with van der Waals surface area (Å²) in [4.78, 5) is 11.8. The summed E-state index contributed by atoms with van der Waals surface area (Å²) >= 11 is 0. The minimum atomic E-state index is -6.00. The molecule has 114 valence electrons. The Morgan fingerprint density at radius 2 is 1.90 bits per heavy atom. The summed E-state index contributed by atoms with van der Waals surface area (Å²) in [6, 6.07) is 3.91. The monoisotopic (exact) mass is 304 g/mol. The van der Waals surface area contributed by atoms with Crippen LogP contribution >= 0.6 is 0 Å². The zero-order chi connectivity index (χ0) is 15.8. The second-order valence-electron chi connectivity index (χ2n) is 4.64. The van der Waals surface area contributed by atoms with Crippen LogP contribution in [-0.4, -0.2) is 33.9 Å². The molecule has 0 saturated heterocycles. The lowest BCUT2D eigenvalue weighted by atomic mass is 10.1. The predicted molar refractivity (Wildman–Crippen MR) is 71.1 cm³/mol. The number of rotatable bonds is 1. The van der Waals surface area contributed by atoms with Crippen LogP contribution in [0.2, 0.25) is 0 Å². The van der Waals surface area contributed by atoms with Crippen molar-refractivity contribution in [1.29, 1.82) is 0 Å². The smallest absolute Gasteiger partial charge is 0.495 e.